The van der Waals surface area contributed by atoms with Gasteiger partial charge in [0.2, 0.25) is 0 Å². The fraction of sp³-hybridized carbons (Fsp3) is 0.263. The normalized spacial score (nSPS) is 11.3. The number of carbonyl (C=O) groups excluding carboxylic acids is 2. The fourth-order valence-electron chi connectivity index (χ4n) is 2.30. The van der Waals surface area contributed by atoms with E-state index in [2.05, 4.69) is 4.74 Å². The lowest BCUT2D eigenvalue weighted by Crippen LogP contribution is -2.40. The summed E-state index contributed by atoms with van der Waals surface area (Å²) in [5, 5.41) is 9.42. The van der Waals surface area contributed by atoms with Gasteiger partial charge >= 0.3 is 12.1 Å². The number of ether oxygens (including phenoxy) is 3. The lowest BCUT2D eigenvalue weighted by Gasteiger charge is -2.27. The highest BCUT2D eigenvalue weighted by Crippen LogP contribution is 2.24. The number of esters is 1. The van der Waals surface area contributed by atoms with Crippen molar-refractivity contribution in [3.05, 3.63) is 54.1 Å². The maximum absolute atomic E-state index is 12.6. The van der Waals surface area contributed by atoms with E-state index in [0.717, 1.165) is 5.56 Å². The minimum atomic E-state index is -0.693. The molecule has 0 saturated carbocycles. The van der Waals surface area contributed by atoms with Crippen LogP contribution in [0.2, 0.25) is 0 Å². The lowest BCUT2D eigenvalue weighted by molar-refractivity contribution is -0.141. The van der Waals surface area contributed by atoms with Gasteiger partial charge in [-0.15, -0.1) is 0 Å². The third-order valence-electron chi connectivity index (χ3n) is 3.87. The first-order chi connectivity index (χ1) is 12.4. The van der Waals surface area contributed by atoms with Crippen LogP contribution in [-0.4, -0.2) is 42.8 Å². The van der Waals surface area contributed by atoms with E-state index in [4.69, 9.17) is 9.47 Å². The standard InChI is InChI=1S/C19H21NO6/c1-13(14-4-6-15(21)7-5-14)20(12-18(22)25-3)19(23)26-17-10-8-16(24-2)9-11-17/h4-11,13,21H,12H2,1-3H3. The van der Waals surface area contributed by atoms with E-state index in [1.165, 1.54) is 24.1 Å². The molecule has 0 saturated heterocycles. The molecule has 0 aliphatic rings. The zero-order valence-electron chi connectivity index (χ0n) is 14.8. The van der Waals surface area contributed by atoms with E-state index in [9.17, 15) is 14.7 Å². The van der Waals surface area contributed by atoms with Crippen LogP contribution in [0.25, 0.3) is 0 Å². The maximum atomic E-state index is 12.6. The van der Waals surface area contributed by atoms with Gasteiger partial charge in [0.25, 0.3) is 0 Å². The molecule has 1 unspecified atom stereocenters. The Kier molecular flexibility index (Phi) is 6.43. The first kappa shape index (κ1) is 19.1. The molecule has 138 valence electrons. The largest absolute Gasteiger partial charge is 0.508 e. The van der Waals surface area contributed by atoms with Crippen LogP contribution in [0.4, 0.5) is 4.79 Å². The molecule has 2 rings (SSSR count). The molecule has 0 aromatic heterocycles. The topological polar surface area (TPSA) is 85.3 Å². The highest BCUT2D eigenvalue weighted by atomic mass is 16.6. The summed E-state index contributed by atoms with van der Waals surface area (Å²) in [6, 6.07) is 12.4. The fourth-order valence-corrected chi connectivity index (χ4v) is 2.30. The highest BCUT2D eigenvalue weighted by Gasteiger charge is 2.26. The highest BCUT2D eigenvalue weighted by molar-refractivity contribution is 5.79. The first-order valence-corrected chi connectivity index (χ1v) is 7.93. The van der Waals surface area contributed by atoms with Crippen molar-refractivity contribution in [2.45, 2.75) is 13.0 Å². The average molecular weight is 359 g/mol. The SMILES string of the molecule is COC(=O)CN(C(=O)Oc1ccc(OC)cc1)C(C)c1ccc(O)cc1. The van der Waals surface area contributed by atoms with E-state index in [-0.39, 0.29) is 12.3 Å². The molecule has 1 amide bonds. The molecular weight excluding hydrogens is 338 g/mol. The zero-order valence-corrected chi connectivity index (χ0v) is 14.8. The number of rotatable bonds is 6. The van der Waals surface area contributed by atoms with Gasteiger partial charge in [-0.05, 0) is 48.9 Å². The zero-order chi connectivity index (χ0) is 19.1. The minimum absolute atomic E-state index is 0.112. The molecule has 2 aromatic carbocycles. The second-order valence-electron chi connectivity index (χ2n) is 5.52. The van der Waals surface area contributed by atoms with E-state index in [0.29, 0.717) is 11.5 Å². The number of phenols is 1. The molecule has 0 spiro atoms. The molecule has 0 aliphatic carbocycles. The van der Waals surface area contributed by atoms with Crippen molar-refractivity contribution in [2.75, 3.05) is 20.8 Å². The summed E-state index contributed by atoms with van der Waals surface area (Å²) >= 11 is 0. The minimum Gasteiger partial charge on any atom is -0.508 e. The van der Waals surface area contributed by atoms with Crippen LogP contribution < -0.4 is 9.47 Å². The Morgan fingerprint density at radius 3 is 2.12 bits per heavy atom. The van der Waals surface area contributed by atoms with Crippen molar-refractivity contribution in [3.63, 3.8) is 0 Å². The summed E-state index contributed by atoms with van der Waals surface area (Å²) in [4.78, 5) is 25.6. The number of nitrogens with zero attached hydrogens (tertiary/aromatic N) is 1. The monoisotopic (exact) mass is 359 g/mol. The van der Waals surface area contributed by atoms with Crippen molar-refractivity contribution in [3.8, 4) is 17.2 Å². The summed E-state index contributed by atoms with van der Waals surface area (Å²) in [5.74, 6) is 0.501. The van der Waals surface area contributed by atoms with Crippen LogP contribution in [0.3, 0.4) is 0 Å². The predicted octanol–water partition coefficient (Wildman–Crippen LogP) is 3.14. The maximum Gasteiger partial charge on any atom is 0.416 e. The third-order valence-corrected chi connectivity index (χ3v) is 3.87. The smallest absolute Gasteiger partial charge is 0.416 e. The molecule has 1 N–H and O–H groups in total. The molecule has 1 atom stereocenters. The number of phenolic OH excluding ortho intramolecular Hbond substituents is 1. The Morgan fingerprint density at radius 1 is 1.00 bits per heavy atom. The second-order valence-corrected chi connectivity index (χ2v) is 5.52. The molecule has 26 heavy (non-hydrogen) atoms. The molecule has 7 nitrogen and oxygen atoms in total. The Bertz CT molecular complexity index is 742. The Hall–Kier alpha value is -3.22. The van der Waals surface area contributed by atoms with Gasteiger partial charge < -0.3 is 19.3 Å². The van der Waals surface area contributed by atoms with Crippen LogP contribution in [-0.2, 0) is 9.53 Å². The van der Waals surface area contributed by atoms with Crippen LogP contribution in [0.5, 0.6) is 17.2 Å². The Balaban J connectivity index is 2.20. The van der Waals surface area contributed by atoms with Crippen molar-refractivity contribution < 1.29 is 28.9 Å². The number of carbonyl (C=O) groups is 2. The summed E-state index contributed by atoms with van der Waals surface area (Å²) in [6.07, 6.45) is -0.693. The van der Waals surface area contributed by atoms with Crippen LogP contribution in [0, 0.1) is 0 Å². The number of hydrogen-bond acceptors (Lipinski definition) is 6. The van der Waals surface area contributed by atoms with Gasteiger partial charge in [0, 0.05) is 0 Å². The van der Waals surface area contributed by atoms with Gasteiger partial charge in [0.05, 0.1) is 20.3 Å². The van der Waals surface area contributed by atoms with Crippen molar-refractivity contribution in [1.82, 2.24) is 4.90 Å². The Labute approximate surface area is 151 Å². The van der Waals surface area contributed by atoms with Gasteiger partial charge in [-0.2, -0.15) is 0 Å². The molecule has 7 heteroatoms. The van der Waals surface area contributed by atoms with Crippen LogP contribution in [0.15, 0.2) is 48.5 Å². The van der Waals surface area contributed by atoms with E-state index >= 15 is 0 Å². The van der Waals surface area contributed by atoms with Crippen LogP contribution in [0.1, 0.15) is 18.5 Å². The predicted molar refractivity (Wildman–Crippen MR) is 94.3 cm³/mol. The molecular formula is C19H21NO6. The molecule has 2 aromatic rings. The number of hydrogen-bond donors (Lipinski definition) is 1. The number of benzene rings is 2. The molecule has 0 heterocycles. The summed E-state index contributed by atoms with van der Waals surface area (Å²) in [6.45, 7) is 1.48. The van der Waals surface area contributed by atoms with Crippen molar-refractivity contribution >= 4 is 12.1 Å². The lowest BCUT2D eigenvalue weighted by atomic mass is 10.1. The summed E-state index contributed by atoms with van der Waals surface area (Å²) < 4.78 is 15.1. The summed E-state index contributed by atoms with van der Waals surface area (Å²) in [7, 11) is 2.79. The molecule has 0 bridgehead atoms. The molecule has 0 aliphatic heterocycles. The third kappa shape index (κ3) is 4.89. The van der Waals surface area contributed by atoms with Crippen LogP contribution >= 0.6 is 0 Å². The van der Waals surface area contributed by atoms with Gasteiger partial charge in [-0.25, -0.2) is 4.79 Å². The van der Waals surface area contributed by atoms with Crippen molar-refractivity contribution in [2.24, 2.45) is 0 Å². The Morgan fingerprint density at radius 2 is 1.58 bits per heavy atom. The average Bonchev–Trinajstić information content (AvgIpc) is 2.66. The van der Waals surface area contributed by atoms with E-state index in [1.54, 1.807) is 50.4 Å². The second kappa shape index (κ2) is 8.75. The quantitative estimate of drug-likeness (QED) is 0.798. The van der Waals surface area contributed by atoms with Gasteiger partial charge in [0.1, 0.15) is 23.8 Å². The summed E-state index contributed by atoms with van der Waals surface area (Å²) in [5.41, 5.74) is 0.735. The number of amides is 1. The van der Waals surface area contributed by atoms with Gasteiger partial charge in [0.15, 0.2) is 0 Å². The number of methoxy groups -OCH3 is 2. The first-order valence-electron chi connectivity index (χ1n) is 7.93. The molecule has 0 radical (unpaired) electrons. The van der Waals surface area contributed by atoms with E-state index in [1.807, 2.05) is 0 Å². The van der Waals surface area contributed by atoms with E-state index < -0.39 is 18.1 Å². The van der Waals surface area contributed by atoms with Crippen molar-refractivity contribution in [1.29, 1.82) is 0 Å². The van der Waals surface area contributed by atoms with Gasteiger partial charge in [-0.1, -0.05) is 12.1 Å². The number of aromatic hydroxyl groups is 1. The molecule has 0 fully saturated rings. The van der Waals surface area contributed by atoms with Gasteiger partial charge in [-0.3, -0.25) is 9.69 Å².